The number of hydrogen-bond donors (Lipinski definition) is 1. The van der Waals surface area contributed by atoms with Gasteiger partial charge < -0.3 is 24.6 Å². The molecule has 0 spiro atoms. The summed E-state index contributed by atoms with van der Waals surface area (Å²) in [7, 11) is 3.30. The summed E-state index contributed by atoms with van der Waals surface area (Å²) in [5.41, 5.74) is 1.67. The molecule has 0 aliphatic carbocycles. The highest BCUT2D eigenvalue weighted by atomic mass is 35.5. The second-order valence-corrected chi connectivity index (χ2v) is 6.39. The summed E-state index contributed by atoms with van der Waals surface area (Å²) in [6.07, 6.45) is 0. The molecule has 1 fully saturated rings. The summed E-state index contributed by atoms with van der Waals surface area (Å²) in [4.78, 5) is 16.4. The van der Waals surface area contributed by atoms with E-state index in [-0.39, 0.29) is 6.03 Å². The van der Waals surface area contributed by atoms with E-state index in [1.807, 2.05) is 30.3 Å². The van der Waals surface area contributed by atoms with Gasteiger partial charge in [0.05, 0.1) is 19.9 Å². The number of hydrogen-bond acceptors (Lipinski definition) is 4. The topological polar surface area (TPSA) is 54.0 Å². The second kappa shape index (κ2) is 8.19. The van der Waals surface area contributed by atoms with Crippen LogP contribution >= 0.6 is 11.6 Å². The van der Waals surface area contributed by atoms with Crippen molar-refractivity contribution in [3.8, 4) is 11.5 Å². The molecule has 7 heteroatoms. The normalized spacial score (nSPS) is 14.1. The lowest BCUT2D eigenvalue weighted by molar-refractivity contribution is 0.208. The Balaban J connectivity index is 1.63. The number of nitrogens with one attached hydrogen (secondary N) is 1. The van der Waals surface area contributed by atoms with Gasteiger partial charge in [-0.3, -0.25) is 0 Å². The fourth-order valence-electron chi connectivity index (χ4n) is 2.96. The molecule has 1 aliphatic heterocycles. The second-order valence-electron chi connectivity index (χ2n) is 5.95. The Morgan fingerprint density at radius 2 is 1.81 bits per heavy atom. The summed E-state index contributed by atoms with van der Waals surface area (Å²) in [5, 5.41) is 3.48. The lowest BCUT2D eigenvalue weighted by atomic mass is 10.2. The van der Waals surface area contributed by atoms with Crippen LogP contribution in [0.15, 0.2) is 42.5 Å². The Labute approximate surface area is 158 Å². The maximum atomic E-state index is 12.5. The molecule has 2 amide bonds. The van der Waals surface area contributed by atoms with Crippen LogP contribution in [-0.4, -0.2) is 51.3 Å². The van der Waals surface area contributed by atoms with Crippen molar-refractivity contribution >= 4 is 29.0 Å². The number of anilines is 2. The van der Waals surface area contributed by atoms with Crippen LogP contribution < -0.4 is 19.7 Å². The van der Waals surface area contributed by atoms with Crippen molar-refractivity contribution in [2.75, 3.05) is 50.6 Å². The molecule has 26 heavy (non-hydrogen) atoms. The van der Waals surface area contributed by atoms with Gasteiger partial charge in [0.2, 0.25) is 0 Å². The van der Waals surface area contributed by atoms with Gasteiger partial charge in [-0.2, -0.15) is 0 Å². The summed E-state index contributed by atoms with van der Waals surface area (Å²) in [6, 6.07) is 12.7. The van der Waals surface area contributed by atoms with E-state index >= 15 is 0 Å². The van der Waals surface area contributed by atoms with Crippen LogP contribution in [-0.2, 0) is 0 Å². The van der Waals surface area contributed by atoms with Crippen LogP contribution in [0.4, 0.5) is 16.2 Å². The number of benzene rings is 2. The highest BCUT2D eigenvalue weighted by Gasteiger charge is 2.23. The molecule has 0 radical (unpaired) electrons. The maximum Gasteiger partial charge on any atom is 0.321 e. The molecule has 0 bridgehead atoms. The molecule has 138 valence electrons. The van der Waals surface area contributed by atoms with Gasteiger partial charge in [-0.15, -0.1) is 0 Å². The zero-order valence-electron chi connectivity index (χ0n) is 14.9. The van der Waals surface area contributed by atoms with Crippen molar-refractivity contribution < 1.29 is 14.3 Å². The minimum Gasteiger partial charge on any atom is -0.497 e. The van der Waals surface area contributed by atoms with Gasteiger partial charge in [0.25, 0.3) is 0 Å². The first-order chi connectivity index (χ1) is 12.6. The first-order valence-corrected chi connectivity index (χ1v) is 8.77. The Morgan fingerprint density at radius 3 is 2.46 bits per heavy atom. The summed E-state index contributed by atoms with van der Waals surface area (Å²) in [5.74, 6) is 1.57. The summed E-state index contributed by atoms with van der Waals surface area (Å²) < 4.78 is 10.8. The van der Waals surface area contributed by atoms with Gasteiger partial charge in [-0.05, 0) is 30.3 Å². The lowest BCUT2D eigenvalue weighted by Gasteiger charge is -2.36. The van der Waals surface area contributed by atoms with Crippen molar-refractivity contribution in [1.82, 2.24) is 4.90 Å². The fraction of sp³-hybridized carbons (Fsp3) is 0.316. The van der Waals surface area contributed by atoms with Crippen LogP contribution in [0.2, 0.25) is 5.02 Å². The third-order valence-corrected chi connectivity index (χ3v) is 4.60. The zero-order chi connectivity index (χ0) is 18.5. The largest absolute Gasteiger partial charge is 0.497 e. The van der Waals surface area contributed by atoms with E-state index in [0.29, 0.717) is 36.9 Å². The monoisotopic (exact) mass is 375 g/mol. The third kappa shape index (κ3) is 4.14. The fourth-order valence-corrected chi connectivity index (χ4v) is 3.15. The van der Waals surface area contributed by atoms with Crippen LogP contribution in [0.25, 0.3) is 0 Å². The quantitative estimate of drug-likeness (QED) is 0.885. The number of urea groups is 1. The average molecular weight is 376 g/mol. The van der Waals surface area contributed by atoms with E-state index < -0.39 is 0 Å². The van der Waals surface area contributed by atoms with E-state index in [2.05, 4.69) is 10.2 Å². The molecule has 0 aromatic heterocycles. The van der Waals surface area contributed by atoms with Gasteiger partial charge in [-0.25, -0.2) is 4.79 Å². The number of carbonyl (C=O) groups excluding carboxylic acids is 1. The Kier molecular flexibility index (Phi) is 5.73. The van der Waals surface area contributed by atoms with E-state index in [1.54, 1.807) is 31.3 Å². The van der Waals surface area contributed by atoms with Gasteiger partial charge in [0, 0.05) is 43.0 Å². The molecule has 0 saturated carbocycles. The van der Waals surface area contributed by atoms with Crippen LogP contribution in [0.3, 0.4) is 0 Å². The Morgan fingerprint density at radius 1 is 1.04 bits per heavy atom. The minimum absolute atomic E-state index is 0.121. The molecule has 3 rings (SSSR count). The first kappa shape index (κ1) is 18.2. The Hall–Kier alpha value is -2.60. The van der Waals surface area contributed by atoms with Crippen LogP contribution in [0.1, 0.15) is 0 Å². The molecule has 2 aromatic rings. The summed E-state index contributed by atoms with van der Waals surface area (Å²) >= 11 is 5.96. The zero-order valence-corrected chi connectivity index (χ0v) is 15.6. The van der Waals surface area contributed by atoms with Crippen molar-refractivity contribution in [3.05, 3.63) is 47.5 Å². The van der Waals surface area contributed by atoms with Gasteiger partial charge in [-0.1, -0.05) is 17.7 Å². The number of carbonyl (C=O) groups is 1. The Bertz CT molecular complexity index is 776. The maximum absolute atomic E-state index is 12.5. The van der Waals surface area contributed by atoms with Gasteiger partial charge >= 0.3 is 6.03 Å². The molecule has 0 unspecified atom stereocenters. The van der Waals surface area contributed by atoms with E-state index in [9.17, 15) is 4.79 Å². The van der Waals surface area contributed by atoms with E-state index in [4.69, 9.17) is 21.1 Å². The van der Waals surface area contributed by atoms with Crippen molar-refractivity contribution in [1.29, 1.82) is 0 Å². The number of ether oxygens (including phenoxy) is 2. The summed E-state index contributed by atoms with van der Waals surface area (Å²) in [6.45, 7) is 2.67. The molecule has 6 nitrogen and oxygen atoms in total. The standard InChI is InChI=1S/C19H22ClN3O3/c1-25-16-6-7-18(26-2)17(13-16)22-8-10-23(11-9-22)19(24)21-15-5-3-4-14(20)12-15/h3-7,12-13H,8-11H2,1-2H3,(H,21,24). The van der Waals surface area contributed by atoms with E-state index in [1.165, 1.54) is 0 Å². The predicted octanol–water partition coefficient (Wildman–Crippen LogP) is 3.71. The minimum atomic E-state index is -0.121. The van der Waals surface area contributed by atoms with Crippen LogP contribution in [0.5, 0.6) is 11.5 Å². The molecule has 1 heterocycles. The number of piperazine rings is 1. The van der Waals surface area contributed by atoms with Crippen molar-refractivity contribution in [2.45, 2.75) is 0 Å². The molecular weight excluding hydrogens is 354 g/mol. The average Bonchev–Trinajstić information content (AvgIpc) is 2.67. The van der Waals surface area contributed by atoms with Crippen LogP contribution in [0, 0.1) is 0 Å². The smallest absolute Gasteiger partial charge is 0.321 e. The SMILES string of the molecule is COc1ccc(OC)c(N2CCN(C(=O)Nc3cccc(Cl)c3)CC2)c1. The molecule has 1 N–H and O–H groups in total. The molecular formula is C19H22ClN3O3. The number of halogens is 1. The third-order valence-electron chi connectivity index (χ3n) is 4.37. The van der Waals surface area contributed by atoms with Gasteiger partial charge in [0.1, 0.15) is 11.5 Å². The molecule has 2 aromatic carbocycles. The first-order valence-electron chi connectivity index (χ1n) is 8.39. The van der Waals surface area contributed by atoms with E-state index in [0.717, 1.165) is 17.2 Å². The van der Waals surface area contributed by atoms with Gasteiger partial charge in [0.15, 0.2) is 0 Å². The molecule has 0 atom stereocenters. The number of methoxy groups -OCH3 is 2. The number of rotatable bonds is 4. The number of nitrogens with zero attached hydrogens (tertiary/aromatic N) is 2. The predicted molar refractivity (Wildman–Crippen MR) is 104 cm³/mol. The molecule has 1 saturated heterocycles. The lowest BCUT2D eigenvalue weighted by Crippen LogP contribution is -2.50. The highest BCUT2D eigenvalue weighted by molar-refractivity contribution is 6.30. The number of amides is 2. The molecule has 1 aliphatic rings. The van der Waals surface area contributed by atoms with Crippen molar-refractivity contribution in [2.24, 2.45) is 0 Å². The van der Waals surface area contributed by atoms with Crippen molar-refractivity contribution in [3.63, 3.8) is 0 Å². The highest BCUT2D eigenvalue weighted by Crippen LogP contribution is 2.32.